The summed E-state index contributed by atoms with van der Waals surface area (Å²) in [6.45, 7) is 1.73. The van der Waals surface area contributed by atoms with Gasteiger partial charge in [-0.2, -0.15) is 17.6 Å². The van der Waals surface area contributed by atoms with Crippen LogP contribution in [0.2, 0.25) is 0 Å². The van der Waals surface area contributed by atoms with Crippen molar-refractivity contribution in [2.75, 3.05) is 39.4 Å². The number of carbonyl (C=O) groups excluding carboxylic acids is 1. The summed E-state index contributed by atoms with van der Waals surface area (Å²) in [6.07, 6.45) is -0.346. The maximum atomic E-state index is 15.0. The number of aliphatic hydroxyl groups excluding tert-OH is 1. The third kappa shape index (κ3) is 5.70. The number of carbonyl (C=O) groups is 1. The highest BCUT2D eigenvalue weighted by molar-refractivity contribution is 5.95. The first-order valence-corrected chi connectivity index (χ1v) is 14.0. The summed E-state index contributed by atoms with van der Waals surface area (Å²) in [6, 6.07) is 8.88. The lowest BCUT2D eigenvalue weighted by atomic mass is 9.67. The summed E-state index contributed by atoms with van der Waals surface area (Å²) in [7, 11) is 0. The van der Waals surface area contributed by atoms with Crippen LogP contribution in [0.4, 0.5) is 22.0 Å². The van der Waals surface area contributed by atoms with Gasteiger partial charge in [0.1, 0.15) is 0 Å². The van der Waals surface area contributed by atoms with Gasteiger partial charge in [-0.1, -0.05) is 18.6 Å². The van der Waals surface area contributed by atoms with Crippen LogP contribution < -0.4 is 4.74 Å². The summed E-state index contributed by atoms with van der Waals surface area (Å²) in [4.78, 5) is 16.3. The highest BCUT2D eigenvalue weighted by Gasteiger charge is 2.58. The Bertz CT molecular complexity index is 1190. The molecular formula is C30H35F5N2O3. The van der Waals surface area contributed by atoms with Gasteiger partial charge in [0, 0.05) is 24.2 Å². The minimum absolute atomic E-state index is 0.0297. The van der Waals surface area contributed by atoms with Gasteiger partial charge in [0.15, 0.2) is 11.6 Å². The fourth-order valence-corrected chi connectivity index (χ4v) is 6.20. The lowest BCUT2D eigenvalue weighted by molar-refractivity contribution is -0.256. The number of hydrogen-bond acceptors (Lipinski definition) is 4. The molecule has 3 aliphatic rings. The summed E-state index contributed by atoms with van der Waals surface area (Å²) in [5.74, 6) is -2.51. The first-order valence-electron chi connectivity index (χ1n) is 14.0. The lowest BCUT2D eigenvalue weighted by Gasteiger charge is -2.47. The van der Waals surface area contributed by atoms with Crippen LogP contribution in [0.1, 0.15) is 55.3 Å². The van der Waals surface area contributed by atoms with Crippen molar-refractivity contribution < 1.29 is 36.6 Å². The number of ether oxygens (including phenoxy) is 1. The average Bonchev–Trinajstić information content (AvgIpc) is 3.40. The molecule has 2 heterocycles. The lowest BCUT2D eigenvalue weighted by Crippen LogP contribution is -2.53. The van der Waals surface area contributed by atoms with E-state index in [-0.39, 0.29) is 61.8 Å². The zero-order valence-electron chi connectivity index (χ0n) is 22.4. The highest BCUT2D eigenvalue weighted by atomic mass is 19.4. The Labute approximate surface area is 230 Å². The molecule has 5 rings (SSSR count). The van der Waals surface area contributed by atoms with Gasteiger partial charge in [0.05, 0.1) is 24.7 Å². The van der Waals surface area contributed by atoms with Crippen LogP contribution in [0.25, 0.3) is 11.1 Å². The Morgan fingerprint density at radius 2 is 1.65 bits per heavy atom. The van der Waals surface area contributed by atoms with Crippen LogP contribution in [0.15, 0.2) is 36.4 Å². The Balaban J connectivity index is 1.16. The van der Waals surface area contributed by atoms with Gasteiger partial charge in [-0.15, -0.1) is 0 Å². The number of piperidine rings is 1. The van der Waals surface area contributed by atoms with Crippen LogP contribution in [-0.4, -0.2) is 72.4 Å². The molecule has 0 bridgehead atoms. The Morgan fingerprint density at radius 1 is 0.950 bits per heavy atom. The number of nitrogens with zero attached hydrogens (tertiary/aromatic N) is 2. The van der Waals surface area contributed by atoms with E-state index in [0.29, 0.717) is 50.0 Å². The monoisotopic (exact) mass is 566 g/mol. The molecule has 218 valence electrons. The third-order valence-electron chi connectivity index (χ3n) is 8.96. The van der Waals surface area contributed by atoms with Crippen molar-refractivity contribution in [1.82, 2.24) is 9.80 Å². The summed E-state index contributed by atoms with van der Waals surface area (Å²) < 4.78 is 76.0. The molecule has 2 saturated heterocycles. The SMILES string of the molecule is O=C(c1ccc(-c2ccc(OCC3CCN(CC4(C(F)(F)F)CCC4)CC3)c(F)c2F)cc1)N1CCCC1CO. The second kappa shape index (κ2) is 11.6. The quantitative estimate of drug-likeness (QED) is 0.396. The summed E-state index contributed by atoms with van der Waals surface area (Å²) in [5, 5.41) is 9.48. The van der Waals surface area contributed by atoms with Crippen molar-refractivity contribution in [3.05, 3.63) is 53.6 Å². The maximum absolute atomic E-state index is 15.0. The normalized spacial score (nSPS) is 21.9. The number of likely N-dealkylation sites (tertiary alicyclic amines) is 2. The molecule has 1 aliphatic carbocycles. The zero-order chi connectivity index (χ0) is 28.5. The average molecular weight is 567 g/mol. The van der Waals surface area contributed by atoms with Gasteiger partial charge < -0.3 is 19.6 Å². The second-order valence-electron chi connectivity index (χ2n) is 11.5. The molecule has 1 amide bonds. The largest absolute Gasteiger partial charge is 0.490 e. The topological polar surface area (TPSA) is 53.0 Å². The van der Waals surface area contributed by atoms with Crippen molar-refractivity contribution in [3.63, 3.8) is 0 Å². The minimum Gasteiger partial charge on any atom is -0.490 e. The van der Waals surface area contributed by atoms with Crippen molar-refractivity contribution >= 4 is 5.91 Å². The Kier molecular flexibility index (Phi) is 8.38. The molecule has 2 aliphatic heterocycles. The van der Waals surface area contributed by atoms with Crippen molar-refractivity contribution in [2.45, 2.75) is 57.2 Å². The third-order valence-corrected chi connectivity index (χ3v) is 8.96. The highest BCUT2D eigenvalue weighted by Crippen LogP contribution is 2.53. The van der Waals surface area contributed by atoms with E-state index in [1.807, 2.05) is 4.90 Å². The van der Waals surface area contributed by atoms with Crippen LogP contribution in [0, 0.1) is 23.0 Å². The van der Waals surface area contributed by atoms with E-state index in [1.165, 1.54) is 12.1 Å². The van der Waals surface area contributed by atoms with E-state index in [0.717, 1.165) is 12.8 Å². The molecule has 3 fully saturated rings. The summed E-state index contributed by atoms with van der Waals surface area (Å²) in [5.41, 5.74) is -0.709. The van der Waals surface area contributed by atoms with Gasteiger partial charge in [-0.25, -0.2) is 4.39 Å². The maximum Gasteiger partial charge on any atom is 0.395 e. The predicted molar refractivity (Wildman–Crippen MR) is 140 cm³/mol. The molecule has 40 heavy (non-hydrogen) atoms. The van der Waals surface area contributed by atoms with Crippen LogP contribution in [0.5, 0.6) is 5.75 Å². The number of rotatable bonds is 8. The molecule has 2 aromatic rings. The van der Waals surface area contributed by atoms with Gasteiger partial charge in [0.2, 0.25) is 5.82 Å². The first kappa shape index (κ1) is 28.8. The van der Waals surface area contributed by atoms with Gasteiger partial charge >= 0.3 is 6.18 Å². The standard InChI is InChI=1S/C30H35F5N2O3/c31-26-24(21-4-6-22(7-5-21)28(39)37-14-1-3-23(37)17-38)8-9-25(27(26)32)40-18-20-10-15-36(16-11-20)19-29(12-2-13-29)30(33,34)35/h4-9,20,23,38H,1-3,10-19H2. The molecule has 1 unspecified atom stereocenters. The van der Waals surface area contributed by atoms with E-state index in [9.17, 15) is 27.5 Å². The number of alkyl halides is 3. The number of benzene rings is 2. The number of amides is 1. The predicted octanol–water partition coefficient (Wildman–Crippen LogP) is 6.05. The van der Waals surface area contributed by atoms with E-state index in [2.05, 4.69) is 0 Å². The fraction of sp³-hybridized carbons (Fsp3) is 0.567. The Hall–Kier alpha value is -2.72. The molecule has 1 N–H and O–H groups in total. The number of aliphatic hydroxyl groups is 1. The van der Waals surface area contributed by atoms with Crippen LogP contribution >= 0.6 is 0 Å². The molecule has 10 heteroatoms. The molecule has 1 saturated carbocycles. The van der Waals surface area contributed by atoms with Gasteiger partial charge in [-0.05, 0) is 87.4 Å². The first-order chi connectivity index (χ1) is 19.1. The Morgan fingerprint density at radius 3 is 2.25 bits per heavy atom. The van der Waals surface area contributed by atoms with Crippen molar-refractivity contribution in [3.8, 4) is 16.9 Å². The van der Waals surface area contributed by atoms with Crippen LogP contribution in [-0.2, 0) is 0 Å². The molecule has 0 spiro atoms. The van der Waals surface area contributed by atoms with Crippen molar-refractivity contribution in [2.24, 2.45) is 11.3 Å². The minimum atomic E-state index is -4.18. The molecule has 0 aromatic heterocycles. The fourth-order valence-electron chi connectivity index (χ4n) is 6.20. The van der Waals surface area contributed by atoms with Gasteiger partial charge in [-0.3, -0.25) is 4.79 Å². The molecule has 1 atom stereocenters. The number of halogens is 5. The van der Waals surface area contributed by atoms with Crippen LogP contribution in [0.3, 0.4) is 0 Å². The molecule has 0 radical (unpaired) electrons. The molecule has 2 aromatic carbocycles. The number of hydrogen-bond donors (Lipinski definition) is 1. The van der Waals surface area contributed by atoms with E-state index >= 15 is 4.39 Å². The van der Waals surface area contributed by atoms with E-state index in [1.54, 1.807) is 29.2 Å². The summed E-state index contributed by atoms with van der Waals surface area (Å²) >= 11 is 0. The molecule has 5 nitrogen and oxygen atoms in total. The van der Waals surface area contributed by atoms with Gasteiger partial charge in [0.25, 0.3) is 5.91 Å². The van der Waals surface area contributed by atoms with E-state index in [4.69, 9.17) is 4.74 Å². The molecular weight excluding hydrogens is 531 g/mol. The smallest absolute Gasteiger partial charge is 0.395 e. The van der Waals surface area contributed by atoms with Crippen molar-refractivity contribution in [1.29, 1.82) is 0 Å². The second-order valence-corrected chi connectivity index (χ2v) is 11.5. The van der Waals surface area contributed by atoms with E-state index < -0.39 is 23.2 Å². The zero-order valence-corrected chi connectivity index (χ0v) is 22.4.